The number of esters is 1. The summed E-state index contributed by atoms with van der Waals surface area (Å²) in [4.78, 5) is 12.0. The van der Waals surface area contributed by atoms with E-state index in [4.69, 9.17) is 9.47 Å². The van der Waals surface area contributed by atoms with Crippen molar-refractivity contribution in [3.05, 3.63) is 33.9 Å². The lowest BCUT2D eigenvalue weighted by molar-refractivity contribution is 0.0527. The van der Waals surface area contributed by atoms with Gasteiger partial charge in [-0.1, -0.05) is 0 Å². The number of aryl methyl sites for hydroxylation is 1. The van der Waals surface area contributed by atoms with E-state index in [0.29, 0.717) is 22.9 Å². The van der Waals surface area contributed by atoms with Crippen LogP contribution in [-0.4, -0.2) is 24.1 Å². The van der Waals surface area contributed by atoms with Crippen LogP contribution >= 0.6 is 27.5 Å². The summed E-state index contributed by atoms with van der Waals surface area (Å²) in [5.74, 6) is 0.380. The van der Waals surface area contributed by atoms with Gasteiger partial charge < -0.3 is 14.8 Å². The lowest BCUT2D eigenvalue weighted by Crippen LogP contribution is -2.07. The Bertz CT molecular complexity index is 658. The molecule has 0 aliphatic heterocycles. The maximum Gasteiger partial charge on any atom is 0.343 e. The SMILES string of the molecule is CCOC(=O)c1c(C)nsc1Nc1ccc(OC)c(Br)c1. The number of nitrogens with zero attached hydrogens (tertiary/aromatic N) is 1. The lowest BCUT2D eigenvalue weighted by Gasteiger charge is -2.09. The van der Waals surface area contributed by atoms with E-state index < -0.39 is 0 Å². The molecule has 1 heterocycles. The second kappa shape index (κ2) is 6.91. The van der Waals surface area contributed by atoms with Crippen molar-refractivity contribution in [3.63, 3.8) is 0 Å². The molecule has 112 valence electrons. The van der Waals surface area contributed by atoms with Gasteiger partial charge in [0.1, 0.15) is 16.3 Å². The highest BCUT2D eigenvalue weighted by Gasteiger charge is 2.19. The Balaban J connectivity index is 2.28. The third kappa shape index (κ3) is 3.54. The maximum absolute atomic E-state index is 12.0. The molecular weight excluding hydrogens is 356 g/mol. The summed E-state index contributed by atoms with van der Waals surface area (Å²) in [5, 5.41) is 3.86. The van der Waals surface area contributed by atoms with Gasteiger partial charge in [0, 0.05) is 5.69 Å². The Hall–Kier alpha value is -1.60. The van der Waals surface area contributed by atoms with E-state index in [1.165, 1.54) is 11.5 Å². The predicted octanol–water partition coefficient (Wildman–Crippen LogP) is 4.14. The third-order valence-corrected chi connectivity index (χ3v) is 4.23. The molecule has 0 bridgehead atoms. The molecule has 0 fully saturated rings. The van der Waals surface area contributed by atoms with Crippen LogP contribution in [0.1, 0.15) is 23.0 Å². The van der Waals surface area contributed by atoms with E-state index in [1.807, 2.05) is 18.2 Å². The van der Waals surface area contributed by atoms with Gasteiger partial charge in [0.25, 0.3) is 0 Å². The maximum atomic E-state index is 12.0. The molecule has 0 spiro atoms. The minimum atomic E-state index is -0.362. The zero-order valence-corrected chi connectivity index (χ0v) is 14.3. The summed E-state index contributed by atoms with van der Waals surface area (Å²) in [6.45, 7) is 3.90. The van der Waals surface area contributed by atoms with Crippen LogP contribution in [0.25, 0.3) is 0 Å². The number of ether oxygens (including phenoxy) is 2. The van der Waals surface area contributed by atoms with E-state index in [1.54, 1.807) is 21.0 Å². The quantitative estimate of drug-likeness (QED) is 0.801. The van der Waals surface area contributed by atoms with Crippen molar-refractivity contribution in [2.45, 2.75) is 13.8 Å². The molecule has 1 aromatic carbocycles. The van der Waals surface area contributed by atoms with Gasteiger partial charge in [-0.3, -0.25) is 0 Å². The van der Waals surface area contributed by atoms with Crippen molar-refractivity contribution in [2.24, 2.45) is 0 Å². The average Bonchev–Trinajstić information content (AvgIpc) is 2.80. The number of benzene rings is 1. The summed E-state index contributed by atoms with van der Waals surface area (Å²) in [6.07, 6.45) is 0. The van der Waals surface area contributed by atoms with Crippen LogP contribution in [0.4, 0.5) is 10.7 Å². The highest BCUT2D eigenvalue weighted by atomic mass is 79.9. The Morgan fingerprint density at radius 1 is 1.48 bits per heavy atom. The number of carbonyl (C=O) groups excluding carboxylic acids is 1. The fourth-order valence-corrected chi connectivity index (χ4v) is 3.12. The van der Waals surface area contributed by atoms with Gasteiger partial charge in [0.2, 0.25) is 0 Å². The minimum absolute atomic E-state index is 0.335. The zero-order chi connectivity index (χ0) is 15.4. The number of hydrogen-bond acceptors (Lipinski definition) is 6. The molecule has 0 saturated heterocycles. The predicted molar refractivity (Wildman–Crippen MR) is 86.8 cm³/mol. The van der Waals surface area contributed by atoms with Gasteiger partial charge >= 0.3 is 5.97 Å². The van der Waals surface area contributed by atoms with Crippen LogP contribution < -0.4 is 10.1 Å². The number of aromatic nitrogens is 1. The molecule has 0 aliphatic rings. The van der Waals surface area contributed by atoms with Crippen molar-refractivity contribution in [2.75, 3.05) is 19.0 Å². The van der Waals surface area contributed by atoms with Gasteiger partial charge in [-0.25, -0.2) is 4.79 Å². The molecule has 21 heavy (non-hydrogen) atoms. The Morgan fingerprint density at radius 3 is 2.86 bits per heavy atom. The van der Waals surface area contributed by atoms with Crippen LogP contribution in [0.2, 0.25) is 0 Å². The molecular formula is C14H15BrN2O3S. The van der Waals surface area contributed by atoms with E-state index in [9.17, 15) is 4.79 Å². The van der Waals surface area contributed by atoms with Crippen molar-refractivity contribution in [1.82, 2.24) is 4.37 Å². The molecule has 0 atom stereocenters. The first-order valence-corrected chi connectivity index (χ1v) is 7.87. The minimum Gasteiger partial charge on any atom is -0.496 e. The number of nitrogens with one attached hydrogen (secondary N) is 1. The van der Waals surface area contributed by atoms with E-state index in [0.717, 1.165) is 15.9 Å². The lowest BCUT2D eigenvalue weighted by atomic mass is 10.2. The fraction of sp³-hybridized carbons (Fsp3) is 0.286. The number of halogens is 1. The van der Waals surface area contributed by atoms with E-state index in [2.05, 4.69) is 25.6 Å². The van der Waals surface area contributed by atoms with Crippen LogP contribution in [0.3, 0.4) is 0 Å². The number of anilines is 2. The van der Waals surface area contributed by atoms with E-state index >= 15 is 0 Å². The molecule has 1 aromatic heterocycles. The number of carbonyl (C=O) groups is 1. The molecule has 1 N–H and O–H groups in total. The second-order valence-corrected chi connectivity index (χ2v) is 5.79. The average molecular weight is 371 g/mol. The Labute approximate surface area is 135 Å². The molecule has 0 unspecified atom stereocenters. The smallest absolute Gasteiger partial charge is 0.343 e. The first-order valence-electron chi connectivity index (χ1n) is 6.30. The van der Waals surface area contributed by atoms with Crippen molar-refractivity contribution in [3.8, 4) is 5.75 Å². The Kier molecular flexibility index (Phi) is 5.19. The fourth-order valence-electron chi connectivity index (χ4n) is 1.77. The Morgan fingerprint density at radius 2 is 2.24 bits per heavy atom. The molecule has 2 rings (SSSR count). The van der Waals surface area contributed by atoms with Gasteiger partial charge in [-0.2, -0.15) is 4.37 Å². The zero-order valence-electron chi connectivity index (χ0n) is 11.9. The molecule has 0 amide bonds. The third-order valence-electron chi connectivity index (χ3n) is 2.75. The number of hydrogen-bond donors (Lipinski definition) is 1. The first kappa shape index (κ1) is 15.8. The molecule has 2 aromatic rings. The highest BCUT2D eigenvalue weighted by Crippen LogP contribution is 2.32. The summed E-state index contributed by atoms with van der Waals surface area (Å²) in [5.41, 5.74) is 1.97. The summed E-state index contributed by atoms with van der Waals surface area (Å²) >= 11 is 4.66. The van der Waals surface area contributed by atoms with Crippen LogP contribution in [0.5, 0.6) is 5.75 Å². The number of methoxy groups -OCH3 is 1. The van der Waals surface area contributed by atoms with Crippen molar-refractivity contribution < 1.29 is 14.3 Å². The van der Waals surface area contributed by atoms with Crippen molar-refractivity contribution >= 4 is 44.1 Å². The van der Waals surface area contributed by atoms with Gasteiger partial charge in [-0.05, 0) is 59.5 Å². The van der Waals surface area contributed by atoms with Gasteiger partial charge in [0.05, 0.1) is 23.9 Å². The molecule has 0 saturated carbocycles. The second-order valence-electron chi connectivity index (χ2n) is 4.17. The van der Waals surface area contributed by atoms with Gasteiger partial charge in [-0.15, -0.1) is 0 Å². The van der Waals surface area contributed by atoms with Crippen LogP contribution in [0, 0.1) is 6.92 Å². The summed E-state index contributed by atoms with van der Waals surface area (Å²) in [7, 11) is 1.61. The molecule has 5 nitrogen and oxygen atoms in total. The van der Waals surface area contributed by atoms with Crippen molar-refractivity contribution in [1.29, 1.82) is 0 Å². The molecule has 7 heteroatoms. The topological polar surface area (TPSA) is 60.5 Å². The summed E-state index contributed by atoms with van der Waals surface area (Å²) in [6, 6.07) is 5.58. The standard InChI is InChI=1S/C14H15BrN2O3S/c1-4-20-14(18)12-8(2)17-21-13(12)16-9-5-6-11(19-3)10(15)7-9/h5-7,16H,4H2,1-3H3. The molecule has 0 radical (unpaired) electrons. The monoisotopic (exact) mass is 370 g/mol. The largest absolute Gasteiger partial charge is 0.496 e. The van der Waals surface area contributed by atoms with Crippen LogP contribution in [-0.2, 0) is 4.74 Å². The van der Waals surface area contributed by atoms with Crippen LogP contribution in [0.15, 0.2) is 22.7 Å². The highest BCUT2D eigenvalue weighted by molar-refractivity contribution is 9.10. The summed E-state index contributed by atoms with van der Waals surface area (Å²) < 4.78 is 15.3. The van der Waals surface area contributed by atoms with E-state index in [-0.39, 0.29) is 5.97 Å². The van der Waals surface area contributed by atoms with Gasteiger partial charge in [0.15, 0.2) is 0 Å². The number of rotatable bonds is 5. The molecule has 0 aliphatic carbocycles. The normalized spacial score (nSPS) is 10.3. The first-order chi connectivity index (χ1) is 10.1.